The molecule has 0 aromatic carbocycles. The zero-order chi connectivity index (χ0) is 65.9. The van der Waals surface area contributed by atoms with Crippen LogP contribution in [0, 0.1) is 17.8 Å². The van der Waals surface area contributed by atoms with Crippen LogP contribution in [0.1, 0.15) is 325 Å². The molecule has 0 rings (SSSR count). The molecule has 0 saturated carbocycles. The van der Waals surface area contributed by atoms with Gasteiger partial charge in [0, 0.05) is 25.7 Å². The van der Waals surface area contributed by atoms with Gasteiger partial charge < -0.3 is 33.8 Å². The molecular formula is C70H132O17P2. The van der Waals surface area contributed by atoms with Gasteiger partial charge in [-0.25, -0.2) is 9.13 Å². The van der Waals surface area contributed by atoms with Crippen molar-refractivity contribution in [1.29, 1.82) is 0 Å². The third-order valence-corrected chi connectivity index (χ3v) is 17.8. The number of ether oxygens (including phenoxy) is 4. The molecule has 0 spiro atoms. The lowest BCUT2D eigenvalue weighted by atomic mass is 9.99. The number of aliphatic hydroxyl groups is 1. The van der Waals surface area contributed by atoms with Crippen molar-refractivity contribution in [2.75, 3.05) is 39.6 Å². The first kappa shape index (κ1) is 86.5. The lowest BCUT2D eigenvalue weighted by molar-refractivity contribution is -0.161. The quantitative estimate of drug-likeness (QED) is 0.0169. The molecule has 0 aromatic rings. The fraction of sp³-hybridized carbons (Fsp3) is 0.886. The molecule has 0 amide bonds. The predicted octanol–water partition coefficient (Wildman–Crippen LogP) is 19.4. The highest BCUT2D eigenvalue weighted by atomic mass is 31.2. The van der Waals surface area contributed by atoms with Gasteiger partial charge in [0.2, 0.25) is 0 Å². The van der Waals surface area contributed by atoms with Crippen molar-refractivity contribution >= 4 is 39.5 Å². The van der Waals surface area contributed by atoms with Gasteiger partial charge in [0.25, 0.3) is 0 Å². The second kappa shape index (κ2) is 60.5. The summed E-state index contributed by atoms with van der Waals surface area (Å²) in [4.78, 5) is 72.5. The number of aliphatic hydroxyl groups excluding tert-OH is 1. The molecule has 0 fully saturated rings. The molecule has 0 aliphatic carbocycles. The van der Waals surface area contributed by atoms with E-state index in [-0.39, 0.29) is 25.7 Å². The summed E-state index contributed by atoms with van der Waals surface area (Å²) in [5, 5.41) is 10.6. The number of allylic oxidation sites excluding steroid dienone is 4. The Bertz CT molecular complexity index is 1840. The second-order valence-electron chi connectivity index (χ2n) is 25.8. The zero-order valence-corrected chi connectivity index (χ0v) is 59.2. The van der Waals surface area contributed by atoms with Crippen LogP contribution < -0.4 is 0 Å². The number of carbonyl (C=O) groups excluding carboxylic acids is 4. The molecule has 524 valence electrons. The van der Waals surface area contributed by atoms with Gasteiger partial charge in [-0.05, 0) is 69.1 Å². The van der Waals surface area contributed by atoms with Crippen molar-refractivity contribution in [2.24, 2.45) is 17.8 Å². The molecule has 0 aromatic heterocycles. The average molecular weight is 1310 g/mol. The van der Waals surface area contributed by atoms with Crippen LogP contribution in [-0.4, -0.2) is 96.7 Å². The van der Waals surface area contributed by atoms with Crippen LogP contribution in [0.25, 0.3) is 0 Å². The van der Waals surface area contributed by atoms with E-state index in [1.54, 1.807) is 0 Å². The van der Waals surface area contributed by atoms with Crippen LogP contribution in [0.3, 0.4) is 0 Å². The minimum Gasteiger partial charge on any atom is -0.462 e. The van der Waals surface area contributed by atoms with E-state index in [0.29, 0.717) is 31.6 Å². The number of hydrogen-bond donors (Lipinski definition) is 3. The van der Waals surface area contributed by atoms with Gasteiger partial charge in [-0.3, -0.25) is 37.3 Å². The van der Waals surface area contributed by atoms with E-state index in [1.165, 1.54) is 109 Å². The van der Waals surface area contributed by atoms with E-state index in [9.17, 15) is 43.2 Å². The summed E-state index contributed by atoms with van der Waals surface area (Å²) in [5.74, 6) is 0.0340. The Balaban J connectivity index is 5.28. The standard InChI is InChI=1S/C70H132O17P2/c1-8-10-11-12-13-14-15-16-17-18-19-23-29-37-44-51-67(72)80-57-65(87-70(75)54-47-40-31-26-25-28-36-43-50-63(7)9-2)59-84-88(76,77)82-55-64(71)56-83-89(78,79)85-60-66(58-81-68(73)52-45-38-33-32-35-42-49-62(5)6)86-69(74)53-46-39-30-24-21-20-22-27-34-41-48-61(3)4/h14-17,61-66,71H,8-13,18-60H2,1-7H3,(H,76,77)(H,78,79)/b15-14-,17-16-/t63?,64-,65-,66-/m1/s1. The highest BCUT2D eigenvalue weighted by Crippen LogP contribution is 2.45. The van der Waals surface area contributed by atoms with Gasteiger partial charge in [-0.15, -0.1) is 0 Å². The number of carbonyl (C=O) groups is 4. The Morgan fingerprint density at radius 1 is 0.371 bits per heavy atom. The first-order valence-electron chi connectivity index (χ1n) is 35.7. The SMILES string of the molecule is CCCCCC/C=C\C=C/CCCCCCCC(=O)OC[C@H](COP(=O)(O)OC[C@@H](O)COP(=O)(O)OC[C@@H](COC(=O)CCCCCCCCC(C)C)OC(=O)CCCCCCCCCCCCC(C)C)OC(=O)CCCCCCCCCCC(C)CC. The maximum atomic E-state index is 13.0. The van der Waals surface area contributed by atoms with Gasteiger partial charge in [-0.1, -0.05) is 272 Å². The van der Waals surface area contributed by atoms with Crippen LogP contribution in [0.15, 0.2) is 24.3 Å². The van der Waals surface area contributed by atoms with Crippen molar-refractivity contribution in [1.82, 2.24) is 0 Å². The van der Waals surface area contributed by atoms with Crippen molar-refractivity contribution in [3.8, 4) is 0 Å². The van der Waals surface area contributed by atoms with E-state index >= 15 is 0 Å². The third kappa shape index (κ3) is 62.7. The van der Waals surface area contributed by atoms with Gasteiger partial charge in [0.05, 0.1) is 26.4 Å². The normalized spacial score (nSPS) is 14.7. The molecule has 3 unspecified atom stereocenters. The molecule has 0 aliphatic rings. The monoisotopic (exact) mass is 1310 g/mol. The van der Waals surface area contributed by atoms with E-state index in [1.807, 2.05) is 0 Å². The minimum absolute atomic E-state index is 0.0976. The van der Waals surface area contributed by atoms with Crippen LogP contribution in [-0.2, 0) is 65.4 Å². The number of unbranched alkanes of at least 4 members (excludes halogenated alkanes) is 30. The highest BCUT2D eigenvalue weighted by Gasteiger charge is 2.30. The van der Waals surface area contributed by atoms with E-state index in [0.717, 1.165) is 127 Å². The molecule has 3 N–H and O–H groups in total. The van der Waals surface area contributed by atoms with E-state index < -0.39 is 97.5 Å². The van der Waals surface area contributed by atoms with Crippen LogP contribution in [0.2, 0.25) is 0 Å². The average Bonchev–Trinajstić information content (AvgIpc) is 3.71. The molecule has 19 heteroatoms. The van der Waals surface area contributed by atoms with E-state index in [2.05, 4.69) is 72.8 Å². The molecule has 0 bridgehead atoms. The smallest absolute Gasteiger partial charge is 0.462 e. The predicted molar refractivity (Wildman–Crippen MR) is 358 cm³/mol. The summed E-state index contributed by atoms with van der Waals surface area (Å²) in [6.45, 7) is 11.7. The summed E-state index contributed by atoms with van der Waals surface area (Å²) in [7, 11) is -9.91. The summed E-state index contributed by atoms with van der Waals surface area (Å²) >= 11 is 0. The Labute approximate surface area is 542 Å². The summed E-state index contributed by atoms with van der Waals surface area (Å²) in [6, 6.07) is 0. The number of phosphoric acid groups is 2. The van der Waals surface area contributed by atoms with Crippen LogP contribution in [0.5, 0.6) is 0 Å². The summed E-state index contributed by atoms with van der Waals surface area (Å²) < 4.78 is 68.2. The van der Waals surface area contributed by atoms with Crippen LogP contribution >= 0.6 is 15.6 Å². The Hall–Kier alpha value is -2.46. The summed E-state index contributed by atoms with van der Waals surface area (Å²) in [6.07, 6.45) is 46.7. The molecule has 0 aliphatic heterocycles. The van der Waals surface area contributed by atoms with Crippen molar-refractivity contribution in [2.45, 2.75) is 343 Å². The molecule has 0 radical (unpaired) electrons. The van der Waals surface area contributed by atoms with Gasteiger partial charge >= 0.3 is 39.5 Å². The molecule has 0 heterocycles. The third-order valence-electron chi connectivity index (χ3n) is 15.9. The molecular weight excluding hydrogens is 1170 g/mol. The largest absolute Gasteiger partial charge is 0.472 e. The van der Waals surface area contributed by atoms with E-state index in [4.69, 9.17) is 37.0 Å². The number of phosphoric ester groups is 2. The molecule has 6 atom stereocenters. The summed E-state index contributed by atoms with van der Waals surface area (Å²) in [5.41, 5.74) is 0. The number of rotatable bonds is 66. The molecule has 17 nitrogen and oxygen atoms in total. The zero-order valence-electron chi connectivity index (χ0n) is 57.4. The maximum Gasteiger partial charge on any atom is 0.472 e. The van der Waals surface area contributed by atoms with Crippen molar-refractivity contribution < 1.29 is 80.2 Å². The lowest BCUT2D eigenvalue weighted by Crippen LogP contribution is -2.30. The minimum atomic E-state index is -4.96. The van der Waals surface area contributed by atoms with Crippen molar-refractivity contribution in [3.05, 3.63) is 24.3 Å². The van der Waals surface area contributed by atoms with Crippen molar-refractivity contribution in [3.63, 3.8) is 0 Å². The Kier molecular flexibility index (Phi) is 58.8. The van der Waals surface area contributed by atoms with Crippen LogP contribution in [0.4, 0.5) is 0 Å². The Morgan fingerprint density at radius 3 is 1.00 bits per heavy atom. The number of hydrogen-bond acceptors (Lipinski definition) is 15. The second-order valence-corrected chi connectivity index (χ2v) is 28.7. The topological polar surface area (TPSA) is 237 Å². The molecule has 89 heavy (non-hydrogen) atoms. The fourth-order valence-corrected chi connectivity index (χ4v) is 11.5. The highest BCUT2D eigenvalue weighted by molar-refractivity contribution is 7.47. The first-order valence-corrected chi connectivity index (χ1v) is 38.7. The maximum absolute atomic E-state index is 13.0. The fourth-order valence-electron chi connectivity index (χ4n) is 9.97. The number of esters is 4. The lowest BCUT2D eigenvalue weighted by Gasteiger charge is -2.21. The van der Waals surface area contributed by atoms with Gasteiger partial charge in [0.1, 0.15) is 19.3 Å². The Morgan fingerprint density at radius 2 is 0.663 bits per heavy atom. The molecule has 0 saturated heterocycles. The first-order chi connectivity index (χ1) is 42.8. The van der Waals surface area contributed by atoms with Gasteiger partial charge in [0.15, 0.2) is 12.2 Å². The van der Waals surface area contributed by atoms with Gasteiger partial charge in [-0.2, -0.15) is 0 Å².